The molecule has 2 aromatic heterocycles. The van der Waals surface area contributed by atoms with Crippen LogP contribution in [0.15, 0.2) is 58.8 Å². The highest BCUT2D eigenvalue weighted by molar-refractivity contribution is 7.94. The molecule has 6 nitrogen and oxygen atoms in total. The second kappa shape index (κ2) is 7.20. The highest BCUT2D eigenvalue weighted by atomic mass is 32.2. The van der Waals surface area contributed by atoms with Crippen LogP contribution in [-0.2, 0) is 10.0 Å². The molecule has 0 aliphatic heterocycles. The molecule has 3 rings (SSSR count). The highest BCUT2D eigenvalue weighted by Gasteiger charge is 2.17. The number of aromatic nitrogens is 2. The first kappa shape index (κ1) is 17.4. The minimum Gasteiger partial charge on any atom is -0.325 e. The van der Waals surface area contributed by atoms with Gasteiger partial charge in [-0.1, -0.05) is 18.2 Å². The van der Waals surface area contributed by atoms with Gasteiger partial charge in [0.2, 0.25) is 0 Å². The molecule has 0 fully saturated rings. The molecule has 1 aromatic carbocycles. The van der Waals surface area contributed by atoms with Crippen LogP contribution in [0.1, 0.15) is 11.8 Å². The standard InChI is InChI=1S/C17H18N4O2S2/c1-3-21(14-7-5-4-6-8-14)16-11-10-15(18-19-16)20-25(22,23)17-12-9-13(2)24-17/h4-12H,3H2,1-2H3,(H,18,20). The number of para-hydroxylation sites is 1. The molecule has 0 atom stereocenters. The predicted molar refractivity (Wildman–Crippen MR) is 101 cm³/mol. The lowest BCUT2D eigenvalue weighted by atomic mass is 10.3. The Balaban J connectivity index is 1.80. The van der Waals surface area contributed by atoms with Crippen molar-refractivity contribution in [3.8, 4) is 0 Å². The maximum Gasteiger partial charge on any atom is 0.272 e. The normalized spacial score (nSPS) is 11.3. The van der Waals surface area contributed by atoms with Gasteiger partial charge in [-0.3, -0.25) is 4.72 Å². The third-order valence-electron chi connectivity index (χ3n) is 3.53. The van der Waals surface area contributed by atoms with Crippen LogP contribution in [-0.4, -0.2) is 25.2 Å². The Morgan fingerprint density at radius 1 is 1.04 bits per heavy atom. The first-order valence-electron chi connectivity index (χ1n) is 7.75. The Morgan fingerprint density at radius 3 is 2.36 bits per heavy atom. The molecule has 0 saturated carbocycles. The van der Waals surface area contributed by atoms with E-state index in [-0.39, 0.29) is 10.0 Å². The van der Waals surface area contributed by atoms with E-state index >= 15 is 0 Å². The summed E-state index contributed by atoms with van der Waals surface area (Å²) in [6, 6.07) is 16.6. The zero-order valence-electron chi connectivity index (χ0n) is 13.9. The van der Waals surface area contributed by atoms with Gasteiger partial charge < -0.3 is 4.90 Å². The Kier molecular flexibility index (Phi) is 5.00. The number of aryl methyl sites for hydroxylation is 1. The summed E-state index contributed by atoms with van der Waals surface area (Å²) >= 11 is 1.22. The van der Waals surface area contributed by atoms with E-state index in [1.807, 2.05) is 49.1 Å². The lowest BCUT2D eigenvalue weighted by Crippen LogP contribution is -2.18. The van der Waals surface area contributed by atoms with Crippen molar-refractivity contribution in [2.45, 2.75) is 18.1 Å². The molecular formula is C17H18N4O2S2. The quantitative estimate of drug-likeness (QED) is 0.710. The van der Waals surface area contributed by atoms with Gasteiger partial charge in [0.25, 0.3) is 10.0 Å². The number of sulfonamides is 1. The number of hydrogen-bond acceptors (Lipinski definition) is 6. The second-order valence-corrected chi connectivity index (χ2v) is 8.52. The van der Waals surface area contributed by atoms with Gasteiger partial charge in [-0.25, -0.2) is 8.42 Å². The number of benzene rings is 1. The van der Waals surface area contributed by atoms with Crippen molar-refractivity contribution in [1.29, 1.82) is 0 Å². The van der Waals surface area contributed by atoms with Gasteiger partial charge in [0.15, 0.2) is 11.6 Å². The summed E-state index contributed by atoms with van der Waals surface area (Å²) in [6.07, 6.45) is 0. The summed E-state index contributed by atoms with van der Waals surface area (Å²) in [5, 5.41) is 8.17. The van der Waals surface area contributed by atoms with E-state index in [1.54, 1.807) is 24.3 Å². The fourth-order valence-electron chi connectivity index (χ4n) is 2.35. The summed E-state index contributed by atoms with van der Waals surface area (Å²) in [7, 11) is -3.63. The van der Waals surface area contributed by atoms with E-state index in [9.17, 15) is 8.42 Å². The van der Waals surface area contributed by atoms with Crippen LogP contribution in [0.5, 0.6) is 0 Å². The van der Waals surface area contributed by atoms with Crippen molar-refractivity contribution in [3.63, 3.8) is 0 Å². The maximum atomic E-state index is 12.3. The third-order valence-corrected chi connectivity index (χ3v) is 6.38. The van der Waals surface area contributed by atoms with Gasteiger partial charge in [-0.15, -0.1) is 21.5 Å². The fourth-order valence-corrected chi connectivity index (χ4v) is 4.63. The molecular weight excluding hydrogens is 356 g/mol. The van der Waals surface area contributed by atoms with E-state index in [1.165, 1.54) is 11.3 Å². The van der Waals surface area contributed by atoms with Crippen molar-refractivity contribution in [1.82, 2.24) is 10.2 Å². The highest BCUT2D eigenvalue weighted by Crippen LogP contribution is 2.25. The van der Waals surface area contributed by atoms with Crippen LogP contribution in [0.3, 0.4) is 0 Å². The van der Waals surface area contributed by atoms with E-state index < -0.39 is 10.0 Å². The Labute approximate surface area is 151 Å². The summed E-state index contributed by atoms with van der Waals surface area (Å²) in [5.41, 5.74) is 1.00. The van der Waals surface area contributed by atoms with Crippen LogP contribution < -0.4 is 9.62 Å². The van der Waals surface area contributed by atoms with Crippen LogP contribution in [0.25, 0.3) is 0 Å². The fraction of sp³-hybridized carbons (Fsp3) is 0.176. The molecule has 0 aliphatic carbocycles. The van der Waals surface area contributed by atoms with Crippen LogP contribution in [0, 0.1) is 6.92 Å². The number of nitrogens with one attached hydrogen (secondary N) is 1. The number of thiophene rings is 1. The molecule has 0 amide bonds. The second-order valence-electron chi connectivity index (χ2n) is 5.33. The van der Waals surface area contributed by atoms with Crippen LogP contribution in [0.4, 0.5) is 17.3 Å². The largest absolute Gasteiger partial charge is 0.325 e. The molecule has 130 valence electrons. The lowest BCUT2D eigenvalue weighted by molar-refractivity contribution is 0.603. The SMILES string of the molecule is CCN(c1ccccc1)c1ccc(NS(=O)(=O)c2ccc(C)s2)nn1. The van der Waals surface area contributed by atoms with Gasteiger partial charge >= 0.3 is 0 Å². The minimum atomic E-state index is -3.63. The molecule has 0 bridgehead atoms. The van der Waals surface area contributed by atoms with Gasteiger partial charge in [-0.05, 0) is 50.2 Å². The van der Waals surface area contributed by atoms with Crippen molar-refractivity contribution in [2.24, 2.45) is 0 Å². The molecule has 0 unspecified atom stereocenters. The first-order valence-corrected chi connectivity index (χ1v) is 10.0. The Morgan fingerprint density at radius 2 is 1.80 bits per heavy atom. The molecule has 3 aromatic rings. The van der Waals surface area contributed by atoms with Crippen LogP contribution in [0.2, 0.25) is 0 Å². The lowest BCUT2D eigenvalue weighted by Gasteiger charge is -2.21. The van der Waals surface area contributed by atoms with Gasteiger partial charge in [0.05, 0.1) is 0 Å². The molecule has 25 heavy (non-hydrogen) atoms. The topological polar surface area (TPSA) is 75.2 Å². The summed E-state index contributed by atoms with van der Waals surface area (Å²) in [4.78, 5) is 2.93. The number of anilines is 3. The summed E-state index contributed by atoms with van der Waals surface area (Å²) < 4.78 is 27.4. The molecule has 2 heterocycles. The molecule has 0 spiro atoms. The zero-order valence-corrected chi connectivity index (χ0v) is 15.5. The number of hydrogen-bond donors (Lipinski definition) is 1. The van der Waals surface area contributed by atoms with Crippen molar-refractivity contribution in [3.05, 3.63) is 59.5 Å². The average Bonchev–Trinajstić information content (AvgIpc) is 3.05. The average molecular weight is 374 g/mol. The van der Waals surface area contributed by atoms with Gasteiger partial charge in [-0.2, -0.15) is 0 Å². The maximum absolute atomic E-state index is 12.3. The molecule has 0 radical (unpaired) electrons. The van der Waals surface area contributed by atoms with Crippen molar-refractivity contribution in [2.75, 3.05) is 16.2 Å². The smallest absolute Gasteiger partial charge is 0.272 e. The first-order chi connectivity index (χ1) is 12.0. The molecule has 1 N–H and O–H groups in total. The Hall–Kier alpha value is -2.45. The number of rotatable bonds is 6. The van der Waals surface area contributed by atoms with Crippen LogP contribution >= 0.6 is 11.3 Å². The van der Waals surface area contributed by atoms with E-state index in [2.05, 4.69) is 14.9 Å². The monoisotopic (exact) mass is 374 g/mol. The van der Waals surface area contributed by atoms with E-state index in [4.69, 9.17) is 0 Å². The van der Waals surface area contributed by atoms with Crippen molar-refractivity contribution >= 4 is 38.7 Å². The predicted octanol–water partition coefficient (Wildman–Crippen LogP) is 3.81. The third kappa shape index (κ3) is 3.97. The minimum absolute atomic E-state index is 0.193. The molecule has 8 heteroatoms. The van der Waals surface area contributed by atoms with Gasteiger partial charge in [0.1, 0.15) is 4.21 Å². The summed E-state index contributed by atoms with van der Waals surface area (Å²) in [5.74, 6) is 0.850. The molecule has 0 saturated heterocycles. The van der Waals surface area contributed by atoms with Crippen molar-refractivity contribution < 1.29 is 8.42 Å². The molecule has 0 aliphatic rings. The Bertz CT molecular complexity index is 938. The summed E-state index contributed by atoms with van der Waals surface area (Å²) in [6.45, 7) is 4.60. The van der Waals surface area contributed by atoms with Gasteiger partial charge in [0, 0.05) is 17.1 Å². The van der Waals surface area contributed by atoms with E-state index in [0.29, 0.717) is 5.82 Å². The number of nitrogens with zero attached hydrogens (tertiary/aromatic N) is 3. The zero-order chi connectivity index (χ0) is 17.9. The van der Waals surface area contributed by atoms with E-state index in [0.717, 1.165) is 17.1 Å².